The van der Waals surface area contributed by atoms with Crippen LogP contribution in [0.25, 0.3) is 0 Å². The molecule has 8 nitrogen and oxygen atoms in total. The molecule has 1 aliphatic carbocycles. The Balaban J connectivity index is 1.22. The first-order valence-corrected chi connectivity index (χ1v) is 14.2. The van der Waals surface area contributed by atoms with Gasteiger partial charge in [0.1, 0.15) is 6.04 Å². The predicted molar refractivity (Wildman–Crippen MR) is 133 cm³/mol. The summed E-state index contributed by atoms with van der Waals surface area (Å²) in [6, 6.07) is -0.863. The van der Waals surface area contributed by atoms with Gasteiger partial charge in [0.2, 0.25) is 11.8 Å². The van der Waals surface area contributed by atoms with Gasteiger partial charge < -0.3 is 9.80 Å². The lowest BCUT2D eigenvalue weighted by atomic mass is 9.78. The zero-order chi connectivity index (χ0) is 26.5. The number of nitrogens with one attached hydrogen (secondary N) is 2. The number of hydrazine groups is 1. The highest BCUT2D eigenvalue weighted by Gasteiger charge is 2.52. The number of likely N-dealkylation sites (tertiary alicyclic amines) is 2. The fraction of sp³-hybridized carbons (Fsp3) is 0.920. The standard InChI is InChI=1S/C25H40ClF3N6O2/c1-32-14-16(7-10-22(32)36)24(37)33(2)23(25(27,28)29)15-5-8-17(9-6-15)34-11-3-4-18-19(34)13-30-21-12-20(26)31-35(18)21/h15-21,23,30-31H,3-14H2,1-2H3/t15?,16-,17?,18?,19?,20?,21?,23+/m1/s1. The van der Waals surface area contributed by atoms with Gasteiger partial charge in [-0.2, -0.15) is 13.2 Å². The normalized spacial score (nSPS) is 38.7. The van der Waals surface area contributed by atoms with Crippen LogP contribution in [0.4, 0.5) is 13.2 Å². The molecule has 12 heteroatoms. The fourth-order valence-corrected chi connectivity index (χ4v) is 7.95. The first kappa shape index (κ1) is 27.4. The third kappa shape index (κ3) is 5.48. The largest absolute Gasteiger partial charge is 0.409 e. The summed E-state index contributed by atoms with van der Waals surface area (Å²) in [6.45, 7) is 2.02. The van der Waals surface area contributed by atoms with Gasteiger partial charge >= 0.3 is 6.18 Å². The molecule has 0 spiro atoms. The van der Waals surface area contributed by atoms with Crippen LogP contribution in [-0.2, 0) is 9.59 Å². The smallest absolute Gasteiger partial charge is 0.345 e. The van der Waals surface area contributed by atoms with Gasteiger partial charge in [-0.25, -0.2) is 10.4 Å². The second-order valence-electron chi connectivity index (χ2n) is 11.7. The molecule has 2 N–H and O–H groups in total. The lowest BCUT2D eigenvalue weighted by molar-refractivity contribution is -0.203. The summed E-state index contributed by atoms with van der Waals surface area (Å²) in [4.78, 5) is 29.8. The number of amides is 2. The van der Waals surface area contributed by atoms with E-state index >= 15 is 0 Å². The Bertz CT molecular complexity index is 857. The third-order valence-electron chi connectivity index (χ3n) is 9.49. The molecule has 5 fully saturated rings. The second-order valence-corrected chi connectivity index (χ2v) is 12.2. The van der Waals surface area contributed by atoms with Gasteiger partial charge in [-0.3, -0.25) is 19.8 Å². The SMILES string of the molecule is CN1C[C@H](C(=O)N(C)[C@@H](C2CCC(N3CCCC4C3CNC3CC(Cl)NN34)CC2)C(F)(F)F)CCC1=O. The van der Waals surface area contributed by atoms with Crippen molar-refractivity contribution in [3.05, 3.63) is 0 Å². The molecule has 210 valence electrons. The average Bonchev–Trinajstić information content (AvgIpc) is 3.25. The van der Waals surface area contributed by atoms with E-state index in [4.69, 9.17) is 11.6 Å². The molecule has 4 saturated heterocycles. The van der Waals surface area contributed by atoms with Crippen LogP contribution in [0.2, 0.25) is 0 Å². The summed E-state index contributed by atoms with van der Waals surface area (Å²) in [5.41, 5.74) is 3.32. The number of hydrogen-bond donors (Lipinski definition) is 2. The molecule has 0 aromatic heterocycles. The average molecular weight is 549 g/mol. The number of alkyl halides is 4. The van der Waals surface area contributed by atoms with Crippen molar-refractivity contribution in [3.8, 4) is 0 Å². The number of rotatable bonds is 4. The Morgan fingerprint density at radius 2 is 1.86 bits per heavy atom. The van der Waals surface area contributed by atoms with Crippen LogP contribution in [0.3, 0.4) is 0 Å². The number of piperidine rings is 2. The van der Waals surface area contributed by atoms with E-state index in [2.05, 4.69) is 20.7 Å². The van der Waals surface area contributed by atoms with Crippen LogP contribution < -0.4 is 10.7 Å². The lowest BCUT2D eigenvalue weighted by Crippen LogP contribution is -2.70. The van der Waals surface area contributed by atoms with E-state index in [0.29, 0.717) is 44.2 Å². The first-order valence-electron chi connectivity index (χ1n) is 13.8. The second kappa shape index (κ2) is 10.8. The number of halogens is 4. The van der Waals surface area contributed by atoms with E-state index in [1.54, 1.807) is 7.05 Å². The topological polar surface area (TPSA) is 71.2 Å². The first-order chi connectivity index (χ1) is 17.5. The minimum absolute atomic E-state index is 0.0657. The van der Waals surface area contributed by atoms with E-state index in [1.165, 1.54) is 11.9 Å². The van der Waals surface area contributed by atoms with Gasteiger partial charge in [0, 0.05) is 58.2 Å². The lowest BCUT2D eigenvalue weighted by Gasteiger charge is -2.53. The van der Waals surface area contributed by atoms with Crippen LogP contribution in [0.15, 0.2) is 0 Å². The maximum absolute atomic E-state index is 14.4. The Labute approximate surface area is 222 Å². The van der Waals surface area contributed by atoms with Crippen molar-refractivity contribution in [2.75, 3.05) is 33.7 Å². The maximum Gasteiger partial charge on any atom is 0.409 e. The molecular weight excluding hydrogens is 509 g/mol. The summed E-state index contributed by atoms with van der Waals surface area (Å²) in [5, 5.41) is 5.89. The van der Waals surface area contributed by atoms with E-state index in [9.17, 15) is 22.8 Å². The molecule has 5 rings (SSSR count). The summed E-state index contributed by atoms with van der Waals surface area (Å²) < 4.78 is 43.1. The van der Waals surface area contributed by atoms with Crippen molar-refractivity contribution in [1.82, 2.24) is 30.5 Å². The van der Waals surface area contributed by atoms with E-state index in [0.717, 1.165) is 37.3 Å². The summed E-state index contributed by atoms with van der Waals surface area (Å²) in [6.07, 6.45) is 1.59. The van der Waals surface area contributed by atoms with Crippen LogP contribution in [0.1, 0.15) is 57.8 Å². The number of carbonyl (C=O) groups excluding carboxylic acids is 2. The molecule has 2 amide bonds. The van der Waals surface area contributed by atoms with Gasteiger partial charge in [0.25, 0.3) is 0 Å². The molecule has 6 atom stereocenters. The van der Waals surface area contributed by atoms with Crippen molar-refractivity contribution in [3.63, 3.8) is 0 Å². The Kier molecular flexibility index (Phi) is 8.00. The van der Waals surface area contributed by atoms with E-state index in [-0.39, 0.29) is 36.6 Å². The van der Waals surface area contributed by atoms with Crippen LogP contribution in [0.5, 0.6) is 0 Å². The number of nitrogens with zero attached hydrogens (tertiary/aromatic N) is 4. The summed E-state index contributed by atoms with van der Waals surface area (Å²) in [7, 11) is 2.90. The van der Waals surface area contributed by atoms with Gasteiger partial charge in [-0.1, -0.05) is 0 Å². The highest BCUT2D eigenvalue weighted by atomic mass is 35.5. The molecule has 4 aliphatic heterocycles. The number of carbonyl (C=O) groups is 2. The van der Waals surface area contributed by atoms with E-state index < -0.39 is 30.0 Å². The molecule has 0 bridgehead atoms. The molecule has 0 aromatic carbocycles. The number of hydrogen-bond acceptors (Lipinski definition) is 6. The summed E-state index contributed by atoms with van der Waals surface area (Å²) >= 11 is 6.35. The van der Waals surface area contributed by atoms with Gasteiger partial charge in [0.05, 0.1) is 17.6 Å². The maximum atomic E-state index is 14.4. The Morgan fingerprint density at radius 3 is 2.54 bits per heavy atom. The van der Waals surface area contributed by atoms with Crippen molar-refractivity contribution in [2.24, 2.45) is 11.8 Å². The molecule has 5 aliphatic rings. The van der Waals surface area contributed by atoms with E-state index in [1.807, 2.05) is 0 Å². The highest BCUT2D eigenvalue weighted by Crippen LogP contribution is 2.41. The Hall–Kier alpha value is -1.14. The van der Waals surface area contributed by atoms with Crippen molar-refractivity contribution in [2.45, 2.75) is 99.8 Å². The zero-order valence-electron chi connectivity index (χ0n) is 21.7. The van der Waals surface area contributed by atoms with Crippen LogP contribution in [0, 0.1) is 11.8 Å². The van der Waals surface area contributed by atoms with Crippen molar-refractivity contribution >= 4 is 23.4 Å². The third-order valence-corrected chi connectivity index (χ3v) is 9.77. The quantitative estimate of drug-likeness (QED) is 0.415. The van der Waals surface area contributed by atoms with Crippen molar-refractivity contribution < 1.29 is 22.8 Å². The molecule has 0 aromatic rings. The Morgan fingerprint density at radius 1 is 1.14 bits per heavy atom. The molecule has 37 heavy (non-hydrogen) atoms. The highest BCUT2D eigenvalue weighted by molar-refractivity contribution is 6.20. The van der Waals surface area contributed by atoms with Crippen molar-refractivity contribution in [1.29, 1.82) is 0 Å². The molecule has 4 unspecified atom stereocenters. The number of fused-ring (bicyclic) bond motifs is 3. The molecule has 0 radical (unpaired) electrons. The minimum Gasteiger partial charge on any atom is -0.345 e. The molecular formula is C25H40ClF3N6O2. The van der Waals surface area contributed by atoms with Gasteiger partial charge in [0.15, 0.2) is 0 Å². The molecule has 4 heterocycles. The minimum atomic E-state index is -4.49. The zero-order valence-corrected chi connectivity index (χ0v) is 22.5. The molecule has 1 saturated carbocycles. The fourth-order valence-electron chi connectivity index (χ4n) is 7.66. The monoisotopic (exact) mass is 548 g/mol. The summed E-state index contributed by atoms with van der Waals surface area (Å²) in [5.74, 6) is -1.75. The van der Waals surface area contributed by atoms with Crippen LogP contribution >= 0.6 is 11.6 Å². The van der Waals surface area contributed by atoms with Gasteiger partial charge in [-0.15, -0.1) is 11.6 Å². The predicted octanol–water partition coefficient (Wildman–Crippen LogP) is 2.34. The van der Waals surface area contributed by atoms with Crippen LogP contribution in [-0.4, -0.2) is 107 Å². The van der Waals surface area contributed by atoms with Gasteiger partial charge in [-0.05, 0) is 57.4 Å².